The Hall–Kier alpha value is -2.21. The molecular weight excluding hydrogens is 403 g/mol. The molecule has 0 unspecified atom stereocenters. The average Bonchev–Trinajstić information content (AvgIpc) is 3.14. The summed E-state index contributed by atoms with van der Waals surface area (Å²) in [5.74, 6) is -2.85. The van der Waals surface area contributed by atoms with Gasteiger partial charge in [-0.3, -0.25) is 4.79 Å². The van der Waals surface area contributed by atoms with Crippen molar-refractivity contribution < 1.29 is 36.3 Å². The van der Waals surface area contributed by atoms with Crippen molar-refractivity contribution in [3.05, 3.63) is 29.6 Å². The number of amides is 1. The van der Waals surface area contributed by atoms with Crippen LogP contribution in [0.15, 0.2) is 18.2 Å². The van der Waals surface area contributed by atoms with E-state index in [1.165, 1.54) is 10.6 Å². The summed E-state index contributed by atoms with van der Waals surface area (Å²) in [5.41, 5.74) is 1.24. The summed E-state index contributed by atoms with van der Waals surface area (Å²) in [6.45, 7) is 2.94. The number of hydrogen-bond acceptors (Lipinski definition) is 5. The van der Waals surface area contributed by atoms with Crippen molar-refractivity contribution in [2.75, 3.05) is 19.3 Å². The Morgan fingerprint density at radius 1 is 1.18 bits per heavy atom. The molecule has 0 saturated carbocycles. The highest BCUT2D eigenvalue weighted by molar-refractivity contribution is 7.88. The minimum Gasteiger partial charge on any atom is -0.475 e. The summed E-state index contributed by atoms with van der Waals surface area (Å²) in [6, 6.07) is 5.29. The third-order valence-corrected chi connectivity index (χ3v) is 5.87. The Balaban J connectivity index is 0.000000345. The number of likely N-dealkylation sites (tertiary alicyclic amines) is 1. The van der Waals surface area contributed by atoms with E-state index >= 15 is 0 Å². The number of pyridine rings is 1. The molecule has 0 bridgehead atoms. The average molecular weight is 423 g/mol. The lowest BCUT2D eigenvalue weighted by Gasteiger charge is -2.24. The van der Waals surface area contributed by atoms with Crippen molar-refractivity contribution in [2.24, 2.45) is 0 Å². The van der Waals surface area contributed by atoms with E-state index < -0.39 is 22.2 Å². The van der Waals surface area contributed by atoms with E-state index in [0.29, 0.717) is 31.6 Å². The first-order chi connectivity index (χ1) is 12.8. The molecule has 12 heteroatoms. The second-order valence-corrected chi connectivity index (χ2v) is 8.49. The lowest BCUT2D eigenvalue weighted by Crippen LogP contribution is -2.41. The maximum atomic E-state index is 12.6. The lowest BCUT2D eigenvalue weighted by molar-refractivity contribution is -0.192. The number of carboxylic acids is 1. The summed E-state index contributed by atoms with van der Waals surface area (Å²) in [5, 5.41) is 7.12. The monoisotopic (exact) mass is 423 g/mol. The van der Waals surface area contributed by atoms with Crippen LogP contribution >= 0.6 is 0 Å². The van der Waals surface area contributed by atoms with Gasteiger partial charge in [0.15, 0.2) is 0 Å². The molecule has 28 heavy (non-hydrogen) atoms. The molecule has 1 aromatic heterocycles. The summed E-state index contributed by atoms with van der Waals surface area (Å²) < 4.78 is 56.8. The van der Waals surface area contributed by atoms with Gasteiger partial charge in [-0.05, 0) is 31.9 Å². The number of sulfonamides is 1. The van der Waals surface area contributed by atoms with Crippen LogP contribution in [-0.2, 0) is 14.8 Å². The Bertz CT molecular complexity index is 859. The van der Waals surface area contributed by atoms with Crippen LogP contribution in [0.2, 0.25) is 0 Å². The van der Waals surface area contributed by atoms with Crippen LogP contribution in [-0.4, -0.2) is 77.2 Å². The van der Waals surface area contributed by atoms with Gasteiger partial charge in [-0.2, -0.15) is 17.5 Å². The predicted molar refractivity (Wildman–Crippen MR) is 92.1 cm³/mol. The number of aryl methyl sites for hydroxylation is 1. The first-order valence-electron chi connectivity index (χ1n) is 8.34. The summed E-state index contributed by atoms with van der Waals surface area (Å²) in [6.07, 6.45) is -2.44. The van der Waals surface area contributed by atoms with E-state index in [0.717, 1.165) is 5.69 Å². The molecule has 0 spiro atoms. The quantitative estimate of drug-likeness (QED) is 0.768. The zero-order chi connectivity index (χ0) is 21.3. The van der Waals surface area contributed by atoms with E-state index in [9.17, 15) is 26.4 Å². The standard InChI is InChI=1S/C14H19N3O3S.C2HF3O2/c1-10-4-3-5-11(15-10)14(18)16-8-6-13-12(16)7-9-17(13)21(2,19)20;3-2(4,5)1(6)7/h3-5,12-13H,6-9H2,1-2H3;(H,6,7)/t12-,13+;/m1./s1. The lowest BCUT2D eigenvalue weighted by atomic mass is 10.1. The first kappa shape index (κ1) is 22.1. The molecule has 3 heterocycles. The molecule has 0 aliphatic carbocycles. The Morgan fingerprint density at radius 2 is 1.75 bits per heavy atom. The Morgan fingerprint density at radius 3 is 2.25 bits per heavy atom. The SMILES string of the molecule is Cc1cccc(C(=O)N2CC[C@H]3[C@H]2CCN3S(C)(=O)=O)n1.O=C(O)C(F)(F)F. The number of fused-ring (bicyclic) bond motifs is 1. The van der Waals surface area contributed by atoms with E-state index in [1.54, 1.807) is 11.0 Å². The molecule has 0 radical (unpaired) electrons. The zero-order valence-corrected chi connectivity index (χ0v) is 16.0. The summed E-state index contributed by atoms with van der Waals surface area (Å²) >= 11 is 0. The number of aliphatic carboxylic acids is 1. The van der Waals surface area contributed by atoms with Gasteiger partial charge in [0, 0.05) is 24.8 Å². The van der Waals surface area contributed by atoms with Gasteiger partial charge in [0.05, 0.1) is 12.3 Å². The van der Waals surface area contributed by atoms with Crippen molar-refractivity contribution in [1.82, 2.24) is 14.2 Å². The molecule has 2 atom stereocenters. The van der Waals surface area contributed by atoms with Gasteiger partial charge in [0.2, 0.25) is 10.0 Å². The largest absolute Gasteiger partial charge is 0.490 e. The smallest absolute Gasteiger partial charge is 0.475 e. The fourth-order valence-corrected chi connectivity index (χ4v) is 4.59. The molecule has 1 N–H and O–H groups in total. The van der Waals surface area contributed by atoms with Crippen molar-refractivity contribution in [3.8, 4) is 0 Å². The van der Waals surface area contributed by atoms with E-state index in [1.807, 2.05) is 19.1 Å². The maximum Gasteiger partial charge on any atom is 0.490 e. The molecule has 1 aromatic rings. The number of alkyl halides is 3. The zero-order valence-electron chi connectivity index (χ0n) is 15.2. The highest BCUT2D eigenvalue weighted by atomic mass is 32.2. The topological polar surface area (TPSA) is 108 Å². The minimum atomic E-state index is -5.08. The third-order valence-electron chi connectivity index (χ3n) is 4.56. The fraction of sp³-hybridized carbons (Fsp3) is 0.562. The normalized spacial score (nSPS) is 22.4. The minimum absolute atomic E-state index is 0.0189. The maximum absolute atomic E-state index is 12.6. The molecule has 2 fully saturated rings. The number of carbonyl (C=O) groups excluding carboxylic acids is 1. The molecule has 3 rings (SSSR count). The molecule has 2 aliphatic heterocycles. The number of rotatable bonds is 2. The molecule has 2 aliphatic rings. The third kappa shape index (κ3) is 4.98. The number of nitrogens with zero attached hydrogens (tertiary/aromatic N) is 3. The van der Waals surface area contributed by atoms with Gasteiger partial charge in [-0.15, -0.1) is 0 Å². The molecule has 156 valence electrons. The van der Waals surface area contributed by atoms with Crippen LogP contribution in [0.25, 0.3) is 0 Å². The highest BCUT2D eigenvalue weighted by Gasteiger charge is 2.47. The summed E-state index contributed by atoms with van der Waals surface area (Å²) in [4.78, 5) is 27.6. The second-order valence-electron chi connectivity index (χ2n) is 6.55. The summed E-state index contributed by atoms with van der Waals surface area (Å²) in [7, 11) is -3.20. The van der Waals surface area contributed by atoms with Gasteiger partial charge < -0.3 is 10.0 Å². The second kappa shape index (κ2) is 8.03. The highest BCUT2D eigenvalue weighted by Crippen LogP contribution is 2.33. The number of carbonyl (C=O) groups is 2. The molecule has 8 nitrogen and oxygen atoms in total. The number of carboxylic acid groups (broad SMARTS) is 1. The number of aromatic nitrogens is 1. The van der Waals surface area contributed by atoms with Crippen LogP contribution in [0.1, 0.15) is 29.0 Å². The number of halogens is 3. The Labute approximate surface area is 160 Å². The number of hydrogen-bond donors (Lipinski definition) is 1. The van der Waals surface area contributed by atoms with Crippen LogP contribution in [0.5, 0.6) is 0 Å². The van der Waals surface area contributed by atoms with Crippen molar-refractivity contribution in [2.45, 2.75) is 38.0 Å². The van der Waals surface area contributed by atoms with Gasteiger partial charge in [-0.1, -0.05) is 6.07 Å². The van der Waals surface area contributed by atoms with Crippen LogP contribution in [0.3, 0.4) is 0 Å². The Kier molecular flexibility index (Phi) is 6.34. The molecule has 0 aromatic carbocycles. The van der Waals surface area contributed by atoms with Gasteiger partial charge in [0.1, 0.15) is 5.69 Å². The van der Waals surface area contributed by atoms with Gasteiger partial charge in [-0.25, -0.2) is 18.2 Å². The van der Waals surface area contributed by atoms with Crippen LogP contribution < -0.4 is 0 Å². The van der Waals surface area contributed by atoms with Crippen molar-refractivity contribution >= 4 is 21.9 Å². The molecule has 2 saturated heterocycles. The molecule has 1 amide bonds. The molecular formula is C16H20F3N3O5S. The fourth-order valence-electron chi connectivity index (χ4n) is 3.42. The van der Waals surface area contributed by atoms with E-state index in [2.05, 4.69) is 4.98 Å². The van der Waals surface area contributed by atoms with E-state index in [-0.39, 0.29) is 18.0 Å². The van der Waals surface area contributed by atoms with Crippen molar-refractivity contribution in [1.29, 1.82) is 0 Å². The predicted octanol–water partition coefficient (Wildman–Crippen LogP) is 1.27. The van der Waals surface area contributed by atoms with E-state index in [4.69, 9.17) is 9.90 Å². The van der Waals surface area contributed by atoms with Crippen LogP contribution in [0, 0.1) is 6.92 Å². The van der Waals surface area contributed by atoms with Gasteiger partial charge >= 0.3 is 12.1 Å². The van der Waals surface area contributed by atoms with Crippen LogP contribution in [0.4, 0.5) is 13.2 Å². The van der Waals surface area contributed by atoms with Gasteiger partial charge in [0.25, 0.3) is 5.91 Å². The van der Waals surface area contributed by atoms with Crippen molar-refractivity contribution in [3.63, 3.8) is 0 Å². The first-order valence-corrected chi connectivity index (χ1v) is 10.2.